The molecule has 0 fully saturated rings. The molecule has 92 valence electrons. The highest BCUT2D eigenvalue weighted by molar-refractivity contribution is 5.92. The Kier molecular flexibility index (Phi) is 3.69. The van der Waals surface area contributed by atoms with Crippen LogP contribution in [-0.2, 0) is 0 Å². The van der Waals surface area contributed by atoms with Crippen LogP contribution >= 0.6 is 0 Å². The molecule has 0 aliphatic rings. The number of ether oxygens (including phenoxy) is 1. The SMILES string of the molecule is C#CCC(C)Nc1nccc2cc(OC)ccc12. The fraction of sp³-hybridized carbons (Fsp3) is 0.267. The Bertz CT molecular complexity index is 587. The molecule has 0 bridgehead atoms. The first kappa shape index (κ1) is 12.3. The molecule has 1 atom stereocenters. The first-order valence-corrected chi connectivity index (χ1v) is 5.87. The molecule has 0 aliphatic heterocycles. The summed E-state index contributed by atoms with van der Waals surface area (Å²) in [5.41, 5.74) is 0. The van der Waals surface area contributed by atoms with Crippen molar-refractivity contribution in [3.63, 3.8) is 0 Å². The van der Waals surface area contributed by atoms with E-state index in [0.29, 0.717) is 6.42 Å². The molecule has 0 amide bonds. The van der Waals surface area contributed by atoms with E-state index in [1.54, 1.807) is 13.3 Å². The minimum Gasteiger partial charge on any atom is -0.497 e. The van der Waals surface area contributed by atoms with Gasteiger partial charge in [-0.3, -0.25) is 0 Å². The Morgan fingerprint density at radius 2 is 2.28 bits per heavy atom. The Hall–Kier alpha value is -2.21. The largest absolute Gasteiger partial charge is 0.497 e. The molecular weight excluding hydrogens is 224 g/mol. The Labute approximate surface area is 107 Å². The summed E-state index contributed by atoms with van der Waals surface area (Å²) in [4.78, 5) is 4.36. The van der Waals surface area contributed by atoms with Crippen molar-refractivity contribution < 1.29 is 4.74 Å². The van der Waals surface area contributed by atoms with Gasteiger partial charge in [-0.1, -0.05) is 0 Å². The van der Waals surface area contributed by atoms with Gasteiger partial charge in [-0.15, -0.1) is 12.3 Å². The quantitative estimate of drug-likeness (QED) is 0.834. The van der Waals surface area contributed by atoms with Crippen molar-refractivity contribution in [2.75, 3.05) is 12.4 Å². The zero-order valence-electron chi connectivity index (χ0n) is 10.6. The lowest BCUT2D eigenvalue weighted by Gasteiger charge is -2.14. The number of hydrogen-bond donors (Lipinski definition) is 1. The van der Waals surface area contributed by atoms with E-state index < -0.39 is 0 Å². The van der Waals surface area contributed by atoms with Gasteiger partial charge in [0, 0.05) is 24.0 Å². The maximum atomic E-state index is 5.31. The molecule has 2 aromatic rings. The van der Waals surface area contributed by atoms with Crippen molar-refractivity contribution in [3.8, 4) is 18.1 Å². The molecule has 0 radical (unpaired) electrons. The standard InChI is InChI=1S/C15H16N2O/c1-4-5-11(2)17-15-14-7-6-13(18-3)10-12(14)8-9-16-15/h1,6-11H,5H2,2-3H3,(H,16,17). The highest BCUT2D eigenvalue weighted by Crippen LogP contribution is 2.25. The summed E-state index contributed by atoms with van der Waals surface area (Å²) < 4.78 is 5.21. The molecule has 1 aromatic carbocycles. The van der Waals surface area contributed by atoms with Crippen molar-refractivity contribution in [3.05, 3.63) is 30.5 Å². The number of benzene rings is 1. The Morgan fingerprint density at radius 3 is 3.00 bits per heavy atom. The van der Waals surface area contributed by atoms with Crippen molar-refractivity contribution in [1.29, 1.82) is 0 Å². The predicted octanol–water partition coefficient (Wildman–Crippen LogP) is 3.07. The molecular formula is C15H16N2O. The van der Waals surface area contributed by atoms with E-state index in [1.807, 2.05) is 31.2 Å². The number of fused-ring (bicyclic) bond motifs is 1. The van der Waals surface area contributed by atoms with Gasteiger partial charge in [-0.05, 0) is 36.6 Å². The van der Waals surface area contributed by atoms with Crippen LogP contribution in [0.5, 0.6) is 5.75 Å². The predicted molar refractivity (Wildman–Crippen MR) is 74.8 cm³/mol. The fourth-order valence-electron chi connectivity index (χ4n) is 1.86. The second-order valence-corrected chi connectivity index (χ2v) is 4.20. The highest BCUT2D eigenvalue weighted by atomic mass is 16.5. The van der Waals surface area contributed by atoms with Gasteiger partial charge in [0.25, 0.3) is 0 Å². The van der Waals surface area contributed by atoms with E-state index >= 15 is 0 Å². The van der Waals surface area contributed by atoms with Gasteiger partial charge < -0.3 is 10.1 Å². The molecule has 0 saturated carbocycles. The third-order valence-corrected chi connectivity index (χ3v) is 2.78. The summed E-state index contributed by atoms with van der Waals surface area (Å²) in [6.45, 7) is 2.05. The van der Waals surface area contributed by atoms with Crippen LogP contribution in [0.4, 0.5) is 5.82 Å². The van der Waals surface area contributed by atoms with Crippen molar-refractivity contribution in [1.82, 2.24) is 4.98 Å². The van der Waals surface area contributed by atoms with Crippen LogP contribution in [0.1, 0.15) is 13.3 Å². The average Bonchev–Trinajstić information content (AvgIpc) is 2.38. The summed E-state index contributed by atoms with van der Waals surface area (Å²) in [7, 11) is 1.66. The molecule has 3 nitrogen and oxygen atoms in total. The van der Waals surface area contributed by atoms with Crippen LogP contribution in [0, 0.1) is 12.3 Å². The van der Waals surface area contributed by atoms with Crippen molar-refractivity contribution in [2.45, 2.75) is 19.4 Å². The average molecular weight is 240 g/mol. The van der Waals surface area contributed by atoms with Gasteiger partial charge in [0.1, 0.15) is 11.6 Å². The van der Waals surface area contributed by atoms with Gasteiger partial charge in [-0.2, -0.15) is 0 Å². The Morgan fingerprint density at radius 1 is 1.44 bits per heavy atom. The lowest BCUT2D eigenvalue weighted by molar-refractivity contribution is 0.415. The van der Waals surface area contributed by atoms with Gasteiger partial charge in [0.05, 0.1) is 7.11 Å². The van der Waals surface area contributed by atoms with Crippen LogP contribution in [0.25, 0.3) is 10.8 Å². The molecule has 2 rings (SSSR count). The first-order chi connectivity index (χ1) is 8.74. The minimum absolute atomic E-state index is 0.204. The maximum Gasteiger partial charge on any atom is 0.134 e. The summed E-state index contributed by atoms with van der Waals surface area (Å²) in [5.74, 6) is 4.35. The van der Waals surface area contributed by atoms with Gasteiger partial charge in [-0.25, -0.2) is 4.98 Å². The number of nitrogens with one attached hydrogen (secondary N) is 1. The van der Waals surface area contributed by atoms with Gasteiger partial charge in [0.2, 0.25) is 0 Å². The molecule has 0 spiro atoms. The number of methoxy groups -OCH3 is 1. The molecule has 0 aliphatic carbocycles. The van der Waals surface area contributed by atoms with Crippen LogP contribution in [-0.4, -0.2) is 18.1 Å². The molecule has 1 aromatic heterocycles. The number of terminal acetylenes is 1. The number of hydrogen-bond acceptors (Lipinski definition) is 3. The third-order valence-electron chi connectivity index (χ3n) is 2.78. The summed E-state index contributed by atoms with van der Waals surface area (Å²) in [5, 5.41) is 5.50. The van der Waals surface area contributed by atoms with Crippen molar-refractivity contribution >= 4 is 16.6 Å². The molecule has 3 heteroatoms. The van der Waals surface area contributed by atoms with E-state index in [0.717, 1.165) is 22.3 Å². The smallest absolute Gasteiger partial charge is 0.134 e. The number of nitrogens with zero attached hydrogens (tertiary/aromatic N) is 1. The lowest BCUT2D eigenvalue weighted by Crippen LogP contribution is -2.15. The number of anilines is 1. The topological polar surface area (TPSA) is 34.2 Å². The molecule has 0 saturated heterocycles. The van der Waals surface area contributed by atoms with E-state index in [4.69, 9.17) is 11.2 Å². The van der Waals surface area contributed by atoms with E-state index in [9.17, 15) is 0 Å². The zero-order chi connectivity index (χ0) is 13.0. The first-order valence-electron chi connectivity index (χ1n) is 5.87. The number of aromatic nitrogens is 1. The molecule has 18 heavy (non-hydrogen) atoms. The minimum atomic E-state index is 0.204. The summed E-state index contributed by atoms with van der Waals surface area (Å²) in [6.07, 6.45) is 7.77. The van der Waals surface area contributed by atoms with E-state index in [-0.39, 0.29) is 6.04 Å². The lowest BCUT2D eigenvalue weighted by atomic mass is 10.1. The van der Waals surface area contributed by atoms with E-state index in [2.05, 4.69) is 16.2 Å². The highest BCUT2D eigenvalue weighted by Gasteiger charge is 2.06. The van der Waals surface area contributed by atoms with Gasteiger partial charge >= 0.3 is 0 Å². The van der Waals surface area contributed by atoms with Crippen LogP contribution in [0.15, 0.2) is 30.5 Å². The fourth-order valence-corrected chi connectivity index (χ4v) is 1.86. The second-order valence-electron chi connectivity index (χ2n) is 4.20. The molecule has 1 unspecified atom stereocenters. The van der Waals surface area contributed by atoms with Crippen LogP contribution in [0.3, 0.4) is 0 Å². The zero-order valence-corrected chi connectivity index (χ0v) is 10.6. The molecule has 1 N–H and O–H groups in total. The third kappa shape index (κ3) is 2.54. The van der Waals surface area contributed by atoms with Crippen LogP contribution < -0.4 is 10.1 Å². The monoisotopic (exact) mass is 240 g/mol. The van der Waals surface area contributed by atoms with Gasteiger partial charge in [0.15, 0.2) is 0 Å². The second kappa shape index (κ2) is 5.42. The molecule has 1 heterocycles. The number of pyridine rings is 1. The summed E-state index contributed by atoms with van der Waals surface area (Å²) >= 11 is 0. The maximum absolute atomic E-state index is 5.31. The summed E-state index contributed by atoms with van der Waals surface area (Å²) in [6, 6.07) is 8.10. The van der Waals surface area contributed by atoms with Crippen molar-refractivity contribution in [2.24, 2.45) is 0 Å². The number of rotatable bonds is 4. The van der Waals surface area contributed by atoms with Crippen LogP contribution in [0.2, 0.25) is 0 Å². The van der Waals surface area contributed by atoms with E-state index in [1.165, 1.54) is 0 Å². The Balaban J connectivity index is 2.37. The normalized spacial score (nSPS) is 11.8.